The molecule has 0 radical (unpaired) electrons. The van der Waals surface area contributed by atoms with Crippen LogP contribution < -0.4 is 5.73 Å². The van der Waals surface area contributed by atoms with Crippen molar-refractivity contribution in [3.63, 3.8) is 0 Å². The minimum absolute atomic E-state index is 0.105. The van der Waals surface area contributed by atoms with Crippen LogP contribution in [0.5, 0.6) is 0 Å². The van der Waals surface area contributed by atoms with Gasteiger partial charge in [0.2, 0.25) is 0 Å². The number of ketones is 1. The molecule has 5 nitrogen and oxygen atoms in total. The van der Waals surface area contributed by atoms with E-state index in [2.05, 4.69) is 11.6 Å². The average Bonchev–Trinajstić information content (AvgIpc) is 3.41. The van der Waals surface area contributed by atoms with Gasteiger partial charge < -0.3 is 5.73 Å². The first kappa shape index (κ1) is 26.0. The van der Waals surface area contributed by atoms with Crippen LogP contribution in [-0.2, 0) is 6.42 Å². The van der Waals surface area contributed by atoms with Gasteiger partial charge in [-0.25, -0.2) is 18.7 Å². The van der Waals surface area contributed by atoms with Gasteiger partial charge in [-0.1, -0.05) is 44.7 Å². The molecule has 5 rings (SSSR count). The van der Waals surface area contributed by atoms with Crippen LogP contribution in [0, 0.1) is 17.0 Å². The highest BCUT2D eigenvalue weighted by Gasteiger charge is 2.34. The number of nitrogens with zero attached hydrogens (tertiary/aromatic N) is 3. The first-order valence-corrected chi connectivity index (χ1v) is 12.6. The number of aromatic nitrogens is 3. The number of allylic oxidation sites excluding steroid dienone is 4. The quantitative estimate of drug-likeness (QED) is 0.283. The summed E-state index contributed by atoms with van der Waals surface area (Å²) in [5.41, 5.74) is 10.6. The number of fused-ring (bicyclic) bond motifs is 1. The molecule has 196 valence electrons. The maximum Gasteiger partial charge on any atom is 0.170 e. The zero-order valence-electron chi connectivity index (χ0n) is 21.8. The number of rotatable bonds is 6. The minimum atomic E-state index is -0.400. The van der Waals surface area contributed by atoms with E-state index in [4.69, 9.17) is 10.7 Å². The van der Waals surface area contributed by atoms with E-state index in [0.29, 0.717) is 45.0 Å². The summed E-state index contributed by atoms with van der Waals surface area (Å²) in [4.78, 5) is 22.1. The second kappa shape index (κ2) is 10.3. The second-order valence-corrected chi connectivity index (χ2v) is 10.3. The zero-order chi connectivity index (χ0) is 27.7. The topological polar surface area (TPSA) is 73.8 Å². The predicted molar refractivity (Wildman–Crippen MR) is 150 cm³/mol. The highest BCUT2D eigenvalue weighted by Crippen LogP contribution is 2.34. The summed E-state index contributed by atoms with van der Waals surface area (Å²) < 4.78 is 29.5. The summed E-state index contributed by atoms with van der Waals surface area (Å²) in [7, 11) is 0. The highest BCUT2D eigenvalue weighted by atomic mass is 19.1. The first-order chi connectivity index (χ1) is 18.6. The number of benzene rings is 2. The Morgan fingerprint density at radius 1 is 1.03 bits per heavy atom. The van der Waals surface area contributed by atoms with E-state index in [0.717, 1.165) is 18.5 Å². The monoisotopic (exact) mass is 522 g/mol. The lowest BCUT2D eigenvalue weighted by molar-refractivity contribution is 0.0809. The third kappa shape index (κ3) is 5.48. The van der Waals surface area contributed by atoms with Crippen molar-refractivity contribution in [1.82, 2.24) is 14.5 Å². The van der Waals surface area contributed by atoms with E-state index >= 15 is 0 Å². The summed E-state index contributed by atoms with van der Waals surface area (Å²) in [6.07, 6.45) is 8.33. The van der Waals surface area contributed by atoms with Gasteiger partial charge in [0.15, 0.2) is 5.78 Å². The molecule has 0 atom stereocenters. The normalized spacial score (nSPS) is 15.2. The van der Waals surface area contributed by atoms with Gasteiger partial charge >= 0.3 is 0 Å². The molecule has 0 saturated heterocycles. The van der Waals surface area contributed by atoms with E-state index in [1.807, 2.05) is 19.9 Å². The fourth-order valence-electron chi connectivity index (χ4n) is 4.60. The molecule has 1 aliphatic rings. The first-order valence-electron chi connectivity index (χ1n) is 12.6. The van der Waals surface area contributed by atoms with E-state index in [1.165, 1.54) is 24.3 Å². The maximum absolute atomic E-state index is 13.9. The molecule has 0 aliphatic heterocycles. The Hall–Kier alpha value is -4.65. The van der Waals surface area contributed by atoms with Crippen molar-refractivity contribution in [3.8, 4) is 5.82 Å². The lowest BCUT2D eigenvalue weighted by Gasteiger charge is -2.29. The Balaban J connectivity index is 1.53. The van der Waals surface area contributed by atoms with E-state index < -0.39 is 11.2 Å². The number of halogens is 2. The van der Waals surface area contributed by atoms with Crippen molar-refractivity contribution in [2.45, 2.75) is 26.7 Å². The fraction of sp³-hybridized carbons (Fsp3) is 0.156. The molecule has 0 bridgehead atoms. The Labute approximate surface area is 226 Å². The predicted octanol–water partition coefficient (Wildman–Crippen LogP) is 6.80. The molecule has 0 unspecified atom stereocenters. The molecule has 7 heteroatoms. The molecule has 1 aliphatic carbocycles. The third-order valence-corrected chi connectivity index (χ3v) is 6.94. The van der Waals surface area contributed by atoms with Gasteiger partial charge in [0.25, 0.3) is 0 Å². The molecule has 0 amide bonds. The summed E-state index contributed by atoms with van der Waals surface area (Å²) in [5.74, 6) is -0.0372. The van der Waals surface area contributed by atoms with Crippen molar-refractivity contribution in [1.29, 1.82) is 0 Å². The van der Waals surface area contributed by atoms with Crippen molar-refractivity contribution < 1.29 is 13.6 Å². The van der Waals surface area contributed by atoms with E-state index in [1.54, 1.807) is 59.6 Å². The molecular formula is C32H28F2N4O. The molecule has 2 aromatic heterocycles. The highest BCUT2D eigenvalue weighted by molar-refractivity contribution is 6.02. The number of hydrogen-bond acceptors (Lipinski definition) is 4. The Kier molecular flexibility index (Phi) is 6.83. The third-order valence-electron chi connectivity index (χ3n) is 6.94. The van der Waals surface area contributed by atoms with Crippen molar-refractivity contribution >= 4 is 22.6 Å². The molecule has 0 saturated carbocycles. The molecule has 0 fully saturated rings. The lowest BCUT2D eigenvalue weighted by atomic mass is 9.75. The summed E-state index contributed by atoms with van der Waals surface area (Å²) in [5, 5.41) is 0. The Morgan fingerprint density at radius 3 is 2.44 bits per heavy atom. The van der Waals surface area contributed by atoms with Crippen LogP contribution in [0.15, 0.2) is 91.9 Å². The molecule has 39 heavy (non-hydrogen) atoms. The Morgan fingerprint density at radius 2 is 1.72 bits per heavy atom. The largest absolute Gasteiger partial charge is 0.398 e. The van der Waals surface area contributed by atoms with Gasteiger partial charge in [0, 0.05) is 34.0 Å². The Bertz CT molecular complexity index is 1660. The van der Waals surface area contributed by atoms with Crippen LogP contribution in [0.3, 0.4) is 0 Å². The van der Waals surface area contributed by atoms with Gasteiger partial charge in [-0.2, -0.15) is 0 Å². The smallest absolute Gasteiger partial charge is 0.170 e. The van der Waals surface area contributed by atoms with Gasteiger partial charge in [-0.05, 0) is 72.5 Å². The number of hydrogen-bond donors (Lipinski definition) is 1. The van der Waals surface area contributed by atoms with Crippen LogP contribution in [0.25, 0.3) is 22.7 Å². The fourth-order valence-corrected chi connectivity index (χ4v) is 4.60. The number of Topliss-reactive ketones (excluding diaryl/α,β-unsaturated/α-hetero) is 1. The number of carbonyl (C=O) groups excluding carboxylic acids is 1. The SMILES string of the molecule is C=C(/C=C(\C=C(/N)c1cccc(F)c1)c1cn(-c2ccc3c(n2)CCC(C)(C)C3=O)cn1)c1cccc(F)c1. The lowest BCUT2D eigenvalue weighted by Crippen LogP contribution is -2.31. The van der Waals surface area contributed by atoms with E-state index in [9.17, 15) is 13.6 Å². The standard InChI is InChI=1S/C32H28F2N4O/c1-20(21-6-4-8-24(33)15-21)14-23(17-27(35)22-7-5-9-25(34)16-22)29-18-38(19-36-29)30-11-10-26-28(37-30)12-13-32(2,3)31(26)39/h4-11,14-19H,1,12-13,35H2,2-3H3/b23-14+,27-17-. The van der Waals surface area contributed by atoms with Crippen molar-refractivity contribution in [2.24, 2.45) is 11.1 Å². The van der Waals surface area contributed by atoms with Crippen LogP contribution in [0.4, 0.5) is 8.78 Å². The number of carbonyl (C=O) groups is 1. The van der Waals surface area contributed by atoms with Crippen molar-refractivity contribution in [2.75, 3.05) is 0 Å². The van der Waals surface area contributed by atoms with Crippen LogP contribution in [0.2, 0.25) is 0 Å². The van der Waals surface area contributed by atoms with Crippen LogP contribution >= 0.6 is 0 Å². The average molecular weight is 523 g/mol. The van der Waals surface area contributed by atoms with E-state index in [-0.39, 0.29) is 11.6 Å². The minimum Gasteiger partial charge on any atom is -0.398 e. The van der Waals surface area contributed by atoms with Gasteiger partial charge in [-0.15, -0.1) is 0 Å². The molecular weight excluding hydrogens is 494 g/mol. The molecule has 2 heterocycles. The van der Waals surface area contributed by atoms with Crippen molar-refractivity contribution in [3.05, 3.63) is 132 Å². The summed E-state index contributed by atoms with van der Waals surface area (Å²) in [6.45, 7) is 8.03. The molecule has 4 aromatic rings. The molecule has 2 N–H and O–H groups in total. The van der Waals surface area contributed by atoms with Crippen LogP contribution in [-0.4, -0.2) is 20.3 Å². The molecule has 2 aromatic carbocycles. The molecule has 0 spiro atoms. The second-order valence-electron chi connectivity index (χ2n) is 10.3. The summed E-state index contributed by atoms with van der Waals surface area (Å²) >= 11 is 0. The number of pyridine rings is 1. The van der Waals surface area contributed by atoms with Gasteiger partial charge in [0.05, 0.1) is 11.4 Å². The number of aryl methyl sites for hydroxylation is 1. The number of imidazole rings is 1. The van der Waals surface area contributed by atoms with Gasteiger partial charge in [-0.3, -0.25) is 9.36 Å². The van der Waals surface area contributed by atoms with Gasteiger partial charge in [0.1, 0.15) is 23.8 Å². The zero-order valence-corrected chi connectivity index (χ0v) is 21.8. The maximum atomic E-state index is 13.9. The number of nitrogens with two attached hydrogens (primary N) is 1. The summed E-state index contributed by atoms with van der Waals surface area (Å²) in [6, 6.07) is 15.8. The van der Waals surface area contributed by atoms with Crippen LogP contribution in [0.1, 0.15) is 53.1 Å².